The van der Waals surface area contributed by atoms with Crippen LogP contribution in [-0.2, 0) is 10.1 Å². The fraction of sp³-hybridized carbons (Fsp3) is 0.0714. The maximum absolute atomic E-state index is 12.3. The number of para-hydroxylation sites is 1. The second-order valence-corrected chi connectivity index (χ2v) is 6.14. The largest absolute Gasteiger partial charge is 0.441 e. The van der Waals surface area contributed by atoms with Crippen molar-refractivity contribution in [3.8, 4) is 5.75 Å². The van der Waals surface area contributed by atoms with Crippen molar-refractivity contribution in [2.45, 2.75) is 11.8 Å². The molecule has 3 aromatic rings. The van der Waals surface area contributed by atoms with Crippen LogP contribution in [0.3, 0.4) is 0 Å². The Bertz CT molecular complexity index is 1010. The number of hydrogen-bond acceptors (Lipinski definition) is 7. The van der Waals surface area contributed by atoms with E-state index in [-0.39, 0.29) is 5.75 Å². The van der Waals surface area contributed by atoms with Gasteiger partial charge < -0.3 is 8.60 Å². The van der Waals surface area contributed by atoms with E-state index in [1.807, 2.05) is 0 Å². The van der Waals surface area contributed by atoms with Gasteiger partial charge >= 0.3 is 10.1 Å². The van der Waals surface area contributed by atoms with E-state index in [2.05, 4.69) is 4.98 Å². The molecule has 0 amide bonds. The topological polar surface area (TPSA) is 113 Å². The fourth-order valence-corrected chi connectivity index (χ4v) is 3.15. The van der Waals surface area contributed by atoms with E-state index in [1.165, 1.54) is 30.3 Å². The van der Waals surface area contributed by atoms with Gasteiger partial charge in [-0.05, 0) is 18.2 Å². The summed E-state index contributed by atoms with van der Waals surface area (Å²) in [5.41, 5.74) is 0.361. The zero-order valence-corrected chi connectivity index (χ0v) is 12.6. The molecule has 0 aliphatic heterocycles. The van der Waals surface area contributed by atoms with Crippen molar-refractivity contribution in [2.24, 2.45) is 0 Å². The minimum absolute atomic E-state index is 0.0215. The van der Waals surface area contributed by atoms with E-state index in [9.17, 15) is 18.5 Å². The second kappa shape index (κ2) is 5.36. The number of aryl methyl sites for hydroxylation is 1. The third-order valence-corrected chi connectivity index (χ3v) is 4.30. The van der Waals surface area contributed by atoms with Crippen molar-refractivity contribution in [1.29, 1.82) is 0 Å². The van der Waals surface area contributed by atoms with Crippen molar-refractivity contribution in [1.82, 2.24) is 4.98 Å². The fourth-order valence-electron chi connectivity index (χ4n) is 2.06. The van der Waals surface area contributed by atoms with Crippen LogP contribution in [-0.4, -0.2) is 18.3 Å². The molecule has 1 aromatic heterocycles. The van der Waals surface area contributed by atoms with Crippen molar-refractivity contribution in [3.05, 3.63) is 58.5 Å². The highest BCUT2D eigenvalue weighted by Crippen LogP contribution is 2.28. The first kappa shape index (κ1) is 15.0. The molecule has 0 saturated heterocycles. The van der Waals surface area contributed by atoms with Crippen LogP contribution in [0.4, 0.5) is 5.69 Å². The lowest BCUT2D eigenvalue weighted by atomic mass is 10.3. The summed E-state index contributed by atoms with van der Waals surface area (Å²) in [6.45, 7) is 1.66. The van der Waals surface area contributed by atoms with E-state index in [1.54, 1.807) is 6.92 Å². The molecule has 118 valence electrons. The molecule has 0 aliphatic carbocycles. The molecule has 0 radical (unpaired) electrons. The number of benzene rings is 2. The SMILES string of the molecule is Cc1nc2ccc(OS(=O)(=O)c3ccccc3[N+](=O)[O-])cc2o1. The third-order valence-electron chi connectivity index (χ3n) is 3.00. The van der Waals surface area contributed by atoms with Gasteiger partial charge in [0.1, 0.15) is 11.3 Å². The van der Waals surface area contributed by atoms with E-state index in [0.29, 0.717) is 17.0 Å². The van der Waals surface area contributed by atoms with Crippen LogP contribution in [0.25, 0.3) is 11.1 Å². The predicted molar refractivity (Wildman–Crippen MR) is 79.7 cm³/mol. The lowest BCUT2D eigenvalue weighted by Gasteiger charge is -2.07. The second-order valence-electron chi connectivity index (χ2n) is 4.62. The Morgan fingerprint density at radius 2 is 1.96 bits per heavy atom. The molecule has 0 fully saturated rings. The quantitative estimate of drug-likeness (QED) is 0.409. The van der Waals surface area contributed by atoms with E-state index in [0.717, 1.165) is 12.1 Å². The van der Waals surface area contributed by atoms with E-state index in [4.69, 9.17) is 8.60 Å². The number of nitrogens with zero attached hydrogens (tertiary/aromatic N) is 2. The monoisotopic (exact) mass is 334 g/mol. The van der Waals surface area contributed by atoms with Gasteiger partial charge in [0.2, 0.25) is 0 Å². The molecule has 0 bridgehead atoms. The summed E-state index contributed by atoms with van der Waals surface area (Å²) in [4.78, 5) is 13.8. The predicted octanol–water partition coefficient (Wildman–Crippen LogP) is 2.81. The maximum atomic E-state index is 12.3. The number of nitro groups is 1. The molecule has 0 saturated carbocycles. The van der Waals surface area contributed by atoms with Gasteiger partial charge in [0, 0.05) is 19.1 Å². The Balaban J connectivity index is 2.01. The van der Waals surface area contributed by atoms with Gasteiger partial charge in [-0.3, -0.25) is 10.1 Å². The smallest absolute Gasteiger partial charge is 0.346 e. The molecule has 8 nitrogen and oxygen atoms in total. The summed E-state index contributed by atoms with van der Waals surface area (Å²) in [7, 11) is -4.35. The molecule has 0 aliphatic rings. The van der Waals surface area contributed by atoms with Gasteiger partial charge in [0.05, 0.1) is 4.92 Å². The number of rotatable bonds is 4. The highest BCUT2D eigenvalue weighted by molar-refractivity contribution is 7.87. The first-order chi connectivity index (χ1) is 10.9. The van der Waals surface area contributed by atoms with E-state index < -0.39 is 25.6 Å². The highest BCUT2D eigenvalue weighted by atomic mass is 32.2. The average molecular weight is 334 g/mol. The molecule has 0 N–H and O–H groups in total. The molecule has 0 unspecified atom stereocenters. The number of nitro benzene ring substituents is 1. The van der Waals surface area contributed by atoms with Gasteiger partial charge in [-0.25, -0.2) is 4.98 Å². The highest BCUT2D eigenvalue weighted by Gasteiger charge is 2.27. The average Bonchev–Trinajstić information content (AvgIpc) is 2.86. The third kappa shape index (κ3) is 2.86. The van der Waals surface area contributed by atoms with Crippen LogP contribution in [0.5, 0.6) is 5.75 Å². The van der Waals surface area contributed by atoms with Gasteiger partial charge in [-0.1, -0.05) is 12.1 Å². The summed E-state index contributed by atoms with van der Waals surface area (Å²) < 4.78 is 34.9. The molecule has 2 aromatic carbocycles. The van der Waals surface area contributed by atoms with Crippen LogP contribution in [0, 0.1) is 17.0 Å². The lowest BCUT2D eigenvalue weighted by molar-refractivity contribution is -0.387. The van der Waals surface area contributed by atoms with Gasteiger partial charge in [0.15, 0.2) is 16.4 Å². The summed E-state index contributed by atoms with van der Waals surface area (Å²) in [5, 5.41) is 11.0. The summed E-state index contributed by atoms with van der Waals surface area (Å²) in [6, 6.07) is 9.27. The van der Waals surface area contributed by atoms with Crippen LogP contribution in [0.1, 0.15) is 5.89 Å². The minimum Gasteiger partial charge on any atom is -0.441 e. The summed E-state index contributed by atoms with van der Waals surface area (Å²) >= 11 is 0. The van der Waals surface area contributed by atoms with Crippen LogP contribution >= 0.6 is 0 Å². The van der Waals surface area contributed by atoms with Crippen molar-refractivity contribution < 1.29 is 21.9 Å². The maximum Gasteiger partial charge on any atom is 0.346 e. The Labute approximate surface area is 130 Å². The molecule has 23 heavy (non-hydrogen) atoms. The number of fused-ring (bicyclic) bond motifs is 1. The molecule has 3 rings (SSSR count). The van der Waals surface area contributed by atoms with Gasteiger partial charge in [0.25, 0.3) is 5.69 Å². The van der Waals surface area contributed by atoms with Crippen molar-refractivity contribution in [3.63, 3.8) is 0 Å². The normalized spacial score (nSPS) is 11.5. The van der Waals surface area contributed by atoms with Crippen molar-refractivity contribution >= 4 is 26.9 Å². The first-order valence-corrected chi connectivity index (χ1v) is 7.83. The zero-order valence-electron chi connectivity index (χ0n) is 11.8. The Kier molecular flexibility index (Phi) is 3.49. The summed E-state index contributed by atoms with van der Waals surface area (Å²) in [5.74, 6) is 0.408. The molecule has 0 atom stereocenters. The van der Waals surface area contributed by atoms with Crippen LogP contribution in [0.2, 0.25) is 0 Å². The lowest BCUT2D eigenvalue weighted by Crippen LogP contribution is -2.11. The summed E-state index contributed by atoms with van der Waals surface area (Å²) in [6.07, 6.45) is 0. The van der Waals surface area contributed by atoms with Crippen LogP contribution in [0.15, 0.2) is 51.8 Å². The Morgan fingerprint density at radius 1 is 1.22 bits per heavy atom. The zero-order chi connectivity index (χ0) is 16.6. The molecule has 9 heteroatoms. The molecule has 0 spiro atoms. The molecular formula is C14H10N2O6S. The number of hydrogen-bond donors (Lipinski definition) is 0. The Morgan fingerprint density at radius 3 is 2.70 bits per heavy atom. The van der Waals surface area contributed by atoms with Crippen molar-refractivity contribution in [2.75, 3.05) is 0 Å². The molecular weight excluding hydrogens is 324 g/mol. The van der Waals surface area contributed by atoms with Crippen LogP contribution < -0.4 is 4.18 Å². The first-order valence-electron chi connectivity index (χ1n) is 6.42. The Hall–Kier alpha value is -2.94. The van der Waals surface area contributed by atoms with E-state index >= 15 is 0 Å². The standard InChI is InChI=1S/C14H10N2O6S/c1-9-15-11-7-6-10(8-13(11)21-9)22-23(19,20)14-5-3-2-4-12(14)16(17)18/h2-8H,1H3. The van der Waals surface area contributed by atoms with Gasteiger partial charge in [-0.15, -0.1) is 0 Å². The molecule has 1 heterocycles. The van der Waals surface area contributed by atoms with Gasteiger partial charge in [-0.2, -0.15) is 8.42 Å². The minimum atomic E-state index is -4.35. The number of aromatic nitrogens is 1. The number of oxazole rings is 1.